The van der Waals surface area contributed by atoms with E-state index in [4.69, 9.17) is 4.74 Å². The standard InChI is InChI=1S/C20H23N7O3/c1-21-17-9-16(24-13-4-3-7-26(20(13)29)14-8-15(14)30-2)25-18-12(10-22-27(17)18)19(28)23-11-5-6-11/h3-4,7,9-11,14-15,21H,5-6,8H2,1-2H3,(H,23,28)(H,24,25)/t14-,15-/m1/s1. The van der Waals surface area contributed by atoms with E-state index in [1.165, 1.54) is 6.20 Å². The Balaban J connectivity index is 1.49. The Morgan fingerprint density at radius 1 is 1.33 bits per heavy atom. The number of carbonyl (C=O) groups excluding carboxylic acids is 1. The van der Waals surface area contributed by atoms with Crippen LogP contribution < -0.4 is 21.5 Å². The van der Waals surface area contributed by atoms with Crippen molar-refractivity contribution in [3.8, 4) is 0 Å². The zero-order chi connectivity index (χ0) is 20.8. The first kappa shape index (κ1) is 18.6. The fourth-order valence-electron chi connectivity index (χ4n) is 3.57. The highest BCUT2D eigenvalue weighted by Gasteiger charge is 2.39. The van der Waals surface area contributed by atoms with Gasteiger partial charge in [0.1, 0.15) is 22.9 Å². The summed E-state index contributed by atoms with van der Waals surface area (Å²) in [4.78, 5) is 30.0. The average molecular weight is 409 g/mol. The monoisotopic (exact) mass is 409 g/mol. The van der Waals surface area contributed by atoms with Crippen LogP contribution in [-0.2, 0) is 4.74 Å². The minimum Gasteiger partial charge on any atom is -0.379 e. The number of amides is 1. The molecule has 2 aliphatic rings. The van der Waals surface area contributed by atoms with E-state index in [1.54, 1.807) is 41.6 Å². The summed E-state index contributed by atoms with van der Waals surface area (Å²) in [6.45, 7) is 0. The van der Waals surface area contributed by atoms with Crippen molar-refractivity contribution in [1.82, 2.24) is 24.5 Å². The summed E-state index contributed by atoms with van der Waals surface area (Å²) >= 11 is 0. The Morgan fingerprint density at radius 2 is 2.17 bits per heavy atom. The van der Waals surface area contributed by atoms with E-state index in [0.29, 0.717) is 28.5 Å². The van der Waals surface area contributed by atoms with Gasteiger partial charge >= 0.3 is 0 Å². The highest BCUT2D eigenvalue weighted by atomic mass is 16.5. The van der Waals surface area contributed by atoms with Crippen LogP contribution in [0.1, 0.15) is 35.7 Å². The van der Waals surface area contributed by atoms with Gasteiger partial charge in [0.05, 0.1) is 18.3 Å². The summed E-state index contributed by atoms with van der Waals surface area (Å²) in [6, 6.07) is 5.57. The number of carbonyl (C=O) groups is 1. The second-order valence-corrected chi connectivity index (χ2v) is 7.65. The molecule has 3 aromatic heterocycles. The number of fused-ring (bicyclic) bond motifs is 1. The smallest absolute Gasteiger partial charge is 0.274 e. The van der Waals surface area contributed by atoms with Gasteiger partial charge in [0.25, 0.3) is 11.5 Å². The van der Waals surface area contributed by atoms with E-state index in [0.717, 1.165) is 19.3 Å². The van der Waals surface area contributed by atoms with Crippen LogP contribution in [-0.4, -0.2) is 51.4 Å². The molecule has 0 unspecified atom stereocenters. The summed E-state index contributed by atoms with van der Waals surface area (Å²) < 4.78 is 8.58. The molecule has 156 valence electrons. The average Bonchev–Trinajstić information content (AvgIpc) is 3.67. The van der Waals surface area contributed by atoms with Gasteiger partial charge in [-0.1, -0.05) is 0 Å². The molecule has 3 N–H and O–H groups in total. The van der Waals surface area contributed by atoms with Gasteiger partial charge in [0, 0.05) is 32.5 Å². The SMILES string of the molecule is CNc1cc(Nc2cccn([C@@H]3C[C@H]3OC)c2=O)nc2c(C(=O)NC3CC3)cnn12. The van der Waals surface area contributed by atoms with E-state index in [2.05, 4.69) is 26.0 Å². The lowest BCUT2D eigenvalue weighted by Crippen LogP contribution is -2.25. The lowest BCUT2D eigenvalue weighted by molar-refractivity contribution is 0.0952. The summed E-state index contributed by atoms with van der Waals surface area (Å²) in [5.74, 6) is 0.897. The number of hydrogen-bond acceptors (Lipinski definition) is 7. The molecule has 0 radical (unpaired) electrons. The van der Waals surface area contributed by atoms with Crippen molar-refractivity contribution in [2.24, 2.45) is 0 Å². The van der Waals surface area contributed by atoms with Crippen molar-refractivity contribution in [2.75, 3.05) is 24.8 Å². The molecule has 1 amide bonds. The molecule has 10 nitrogen and oxygen atoms in total. The Morgan fingerprint density at radius 3 is 2.87 bits per heavy atom. The van der Waals surface area contributed by atoms with Gasteiger partial charge in [0.15, 0.2) is 5.65 Å². The van der Waals surface area contributed by atoms with Crippen molar-refractivity contribution in [3.63, 3.8) is 0 Å². The van der Waals surface area contributed by atoms with Crippen LogP contribution in [0.5, 0.6) is 0 Å². The van der Waals surface area contributed by atoms with Crippen LogP contribution >= 0.6 is 0 Å². The van der Waals surface area contributed by atoms with E-state index in [-0.39, 0.29) is 29.7 Å². The molecule has 2 fully saturated rings. The highest BCUT2D eigenvalue weighted by Crippen LogP contribution is 2.37. The number of anilines is 3. The van der Waals surface area contributed by atoms with Gasteiger partial charge < -0.3 is 25.3 Å². The van der Waals surface area contributed by atoms with Gasteiger partial charge in [-0.25, -0.2) is 4.98 Å². The molecule has 0 saturated heterocycles. The molecule has 3 aromatic rings. The first-order chi connectivity index (χ1) is 14.6. The highest BCUT2D eigenvalue weighted by molar-refractivity contribution is 6.00. The largest absolute Gasteiger partial charge is 0.379 e. The summed E-state index contributed by atoms with van der Waals surface area (Å²) in [7, 11) is 3.41. The van der Waals surface area contributed by atoms with Gasteiger partial charge in [-0.2, -0.15) is 9.61 Å². The van der Waals surface area contributed by atoms with E-state index < -0.39 is 0 Å². The van der Waals surface area contributed by atoms with Crippen LogP contribution in [0.2, 0.25) is 0 Å². The van der Waals surface area contributed by atoms with Crippen molar-refractivity contribution < 1.29 is 9.53 Å². The Kier molecular flexibility index (Phi) is 4.43. The Hall–Kier alpha value is -3.40. The summed E-state index contributed by atoms with van der Waals surface area (Å²) in [5.41, 5.74) is 1.07. The van der Waals surface area contributed by atoms with Gasteiger partial charge in [0.2, 0.25) is 0 Å². The maximum absolute atomic E-state index is 12.9. The summed E-state index contributed by atoms with van der Waals surface area (Å²) in [5, 5.41) is 13.4. The second kappa shape index (κ2) is 7.13. The fraction of sp³-hybridized carbons (Fsp3) is 0.400. The van der Waals surface area contributed by atoms with E-state index in [9.17, 15) is 9.59 Å². The van der Waals surface area contributed by atoms with E-state index in [1.807, 2.05) is 6.07 Å². The number of rotatable bonds is 7. The first-order valence-electron chi connectivity index (χ1n) is 9.97. The maximum atomic E-state index is 12.9. The number of methoxy groups -OCH3 is 1. The number of nitrogens with one attached hydrogen (secondary N) is 3. The fourth-order valence-corrected chi connectivity index (χ4v) is 3.57. The number of pyridine rings is 1. The van der Waals surface area contributed by atoms with Crippen LogP contribution in [0.25, 0.3) is 5.65 Å². The molecule has 2 aliphatic carbocycles. The minimum atomic E-state index is -0.194. The summed E-state index contributed by atoms with van der Waals surface area (Å²) in [6.07, 6.45) is 6.17. The molecule has 3 heterocycles. The number of ether oxygens (including phenoxy) is 1. The Bertz CT molecular complexity index is 1180. The van der Waals surface area contributed by atoms with E-state index >= 15 is 0 Å². The molecule has 0 spiro atoms. The third kappa shape index (κ3) is 3.28. The number of aromatic nitrogens is 4. The third-order valence-corrected chi connectivity index (χ3v) is 5.48. The molecule has 0 aliphatic heterocycles. The van der Waals surface area contributed by atoms with Crippen molar-refractivity contribution >= 4 is 28.9 Å². The molecule has 2 atom stereocenters. The topological polar surface area (TPSA) is 115 Å². The lowest BCUT2D eigenvalue weighted by Gasteiger charge is -2.11. The molecule has 10 heteroatoms. The maximum Gasteiger partial charge on any atom is 0.274 e. The molecule has 2 saturated carbocycles. The predicted molar refractivity (Wildman–Crippen MR) is 111 cm³/mol. The van der Waals surface area contributed by atoms with Crippen LogP contribution in [0, 0.1) is 0 Å². The van der Waals surface area contributed by atoms with Crippen molar-refractivity contribution in [3.05, 3.63) is 46.5 Å². The third-order valence-electron chi connectivity index (χ3n) is 5.48. The zero-order valence-electron chi connectivity index (χ0n) is 16.8. The molecule has 0 bridgehead atoms. The van der Waals surface area contributed by atoms with Crippen LogP contribution in [0.3, 0.4) is 0 Å². The molecule has 0 aromatic carbocycles. The molecular weight excluding hydrogens is 386 g/mol. The zero-order valence-corrected chi connectivity index (χ0v) is 16.8. The quantitative estimate of drug-likeness (QED) is 0.542. The van der Waals surface area contributed by atoms with Gasteiger partial charge in [-0.05, 0) is 31.4 Å². The van der Waals surface area contributed by atoms with Crippen molar-refractivity contribution in [1.29, 1.82) is 0 Å². The van der Waals surface area contributed by atoms with Crippen LogP contribution in [0.15, 0.2) is 35.4 Å². The lowest BCUT2D eigenvalue weighted by atomic mass is 10.3. The molecular formula is C20H23N7O3. The van der Waals surface area contributed by atoms with Crippen molar-refractivity contribution in [2.45, 2.75) is 37.5 Å². The van der Waals surface area contributed by atoms with Gasteiger partial charge in [-0.3, -0.25) is 9.59 Å². The second-order valence-electron chi connectivity index (χ2n) is 7.65. The number of nitrogens with zero attached hydrogens (tertiary/aromatic N) is 4. The first-order valence-corrected chi connectivity index (χ1v) is 9.97. The van der Waals surface area contributed by atoms with Crippen LogP contribution in [0.4, 0.5) is 17.3 Å². The number of hydrogen-bond donors (Lipinski definition) is 3. The Labute approximate surface area is 172 Å². The predicted octanol–water partition coefficient (Wildman–Crippen LogP) is 1.53. The van der Waals surface area contributed by atoms with Gasteiger partial charge in [-0.15, -0.1) is 0 Å². The molecule has 5 rings (SSSR count). The normalized spacial score (nSPS) is 20.2. The molecule has 30 heavy (non-hydrogen) atoms. The minimum absolute atomic E-state index is 0.0557.